The molecule has 1 aromatic rings. The van der Waals surface area contributed by atoms with Crippen LogP contribution < -0.4 is 10.6 Å². The van der Waals surface area contributed by atoms with Crippen LogP contribution in [0.15, 0.2) is 24.3 Å². The Bertz CT molecular complexity index is 529. The number of nitrogens with one attached hydrogen (secondary N) is 2. The molecule has 2 saturated heterocycles. The van der Waals surface area contributed by atoms with E-state index >= 15 is 0 Å². The molecule has 0 spiro atoms. The van der Waals surface area contributed by atoms with E-state index in [1.54, 1.807) is 12.1 Å². The van der Waals surface area contributed by atoms with Crippen molar-refractivity contribution in [1.82, 2.24) is 10.2 Å². The Morgan fingerprint density at radius 2 is 2.04 bits per heavy atom. The number of benzene rings is 1. The van der Waals surface area contributed by atoms with E-state index in [0.29, 0.717) is 12.2 Å². The number of carbonyl (C=O) groups excluding carboxylic acids is 1. The number of urea groups is 1. The maximum Gasteiger partial charge on any atom is 0.319 e. The van der Waals surface area contributed by atoms with Crippen molar-refractivity contribution in [2.45, 2.75) is 12.0 Å². The maximum atomic E-state index is 12.9. The molecule has 126 valence electrons. The lowest BCUT2D eigenvalue weighted by Gasteiger charge is -2.43. The molecule has 1 atom stereocenters. The summed E-state index contributed by atoms with van der Waals surface area (Å²) >= 11 is 1.94. The molecule has 2 aliphatic heterocycles. The Kier molecular flexibility index (Phi) is 5.40. The summed E-state index contributed by atoms with van der Waals surface area (Å²) < 4.78 is 18.3. The van der Waals surface area contributed by atoms with Crippen molar-refractivity contribution in [3.8, 4) is 0 Å². The van der Waals surface area contributed by atoms with Crippen LogP contribution >= 0.6 is 11.8 Å². The van der Waals surface area contributed by atoms with Crippen LogP contribution in [0.5, 0.6) is 0 Å². The van der Waals surface area contributed by atoms with Crippen LogP contribution in [-0.4, -0.2) is 60.8 Å². The van der Waals surface area contributed by atoms with Gasteiger partial charge in [-0.25, -0.2) is 9.18 Å². The van der Waals surface area contributed by atoms with Crippen LogP contribution in [0.25, 0.3) is 0 Å². The maximum absolute atomic E-state index is 12.9. The molecule has 0 unspecified atom stereocenters. The van der Waals surface area contributed by atoms with Gasteiger partial charge in [-0.3, -0.25) is 4.90 Å². The van der Waals surface area contributed by atoms with Gasteiger partial charge in [-0.05, 0) is 36.4 Å². The monoisotopic (exact) mass is 339 g/mol. The Balaban J connectivity index is 1.56. The second-order valence-corrected chi connectivity index (χ2v) is 7.05. The minimum absolute atomic E-state index is 0.0224. The average molecular weight is 339 g/mol. The van der Waals surface area contributed by atoms with Crippen molar-refractivity contribution in [3.63, 3.8) is 0 Å². The molecule has 3 rings (SSSR count). The molecular weight excluding hydrogens is 317 g/mol. The van der Waals surface area contributed by atoms with Gasteiger partial charge in [-0.2, -0.15) is 11.8 Å². The summed E-state index contributed by atoms with van der Waals surface area (Å²) in [5.74, 6) is 1.84. The van der Waals surface area contributed by atoms with Gasteiger partial charge in [0.25, 0.3) is 0 Å². The highest BCUT2D eigenvalue weighted by Crippen LogP contribution is 2.33. The second-order valence-electron chi connectivity index (χ2n) is 5.94. The number of halogens is 1. The fraction of sp³-hybridized carbons (Fsp3) is 0.562. The van der Waals surface area contributed by atoms with E-state index in [-0.39, 0.29) is 17.4 Å². The van der Waals surface area contributed by atoms with Gasteiger partial charge < -0.3 is 15.4 Å². The van der Waals surface area contributed by atoms with Gasteiger partial charge in [0.15, 0.2) is 0 Å². The van der Waals surface area contributed by atoms with Gasteiger partial charge in [0, 0.05) is 36.6 Å². The standard InChI is InChI=1S/C16H22FN3O2S/c17-13-1-3-14(4-2-13)19-15(21)18-11-16(5-10-23-12-16)20-6-8-22-9-7-20/h1-4H,5-12H2,(H2,18,19,21)/t16-/m0/s1. The summed E-state index contributed by atoms with van der Waals surface area (Å²) in [5, 5.41) is 5.73. The third kappa shape index (κ3) is 4.16. The van der Waals surface area contributed by atoms with Crippen LogP contribution in [0.3, 0.4) is 0 Å². The Labute approximate surface area is 139 Å². The first-order chi connectivity index (χ1) is 11.2. The lowest BCUT2D eigenvalue weighted by atomic mass is 9.95. The van der Waals surface area contributed by atoms with Crippen LogP contribution in [0, 0.1) is 5.82 Å². The molecule has 2 fully saturated rings. The van der Waals surface area contributed by atoms with Gasteiger partial charge in [-0.15, -0.1) is 0 Å². The Hall–Kier alpha value is -1.31. The minimum atomic E-state index is -0.315. The van der Waals surface area contributed by atoms with Crippen molar-refractivity contribution >= 4 is 23.5 Å². The number of morpholine rings is 1. The van der Waals surface area contributed by atoms with Crippen molar-refractivity contribution in [3.05, 3.63) is 30.1 Å². The summed E-state index contributed by atoms with van der Waals surface area (Å²) in [5.41, 5.74) is 0.610. The van der Waals surface area contributed by atoms with Gasteiger partial charge in [0.2, 0.25) is 0 Å². The van der Waals surface area contributed by atoms with Crippen LogP contribution in [-0.2, 0) is 4.74 Å². The summed E-state index contributed by atoms with van der Waals surface area (Å²) in [6.07, 6.45) is 1.08. The summed E-state index contributed by atoms with van der Waals surface area (Å²) in [6, 6.07) is 5.52. The third-order valence-corrected chi connectivity index (χ3v) is 5.68. The van der Waals surface area contributed by atoms with Crippen molar-refractivity contribution in [2.75, 3.05) is 49.7 Å². The summed E-state index contributed by atoms with van der Waals surface area (Å²) in [4.78, 5) is 14.6. The SMILES string of the molecule is O=C(NC[C@@]1(N2CCOCC2)CCSC1)Nc1ccc(F)cc1. The van der Waals surface area contributed by atoms with Crippen LogP contribution in [0.2, 0.25) is 0 Å². The first-order valence-electron chi connectivity index (χ1n) is 7.89. The molecule has 0 aliphatic carbocycles. The van der Waals surface area contributed by atoms with Crippen molar-refractivity contribution < 1.29 is 13.9 Å². The Morgan fingerprint density at radius 1 is 1.30 bits per heavy atom. The molecular formula is C16H22FN3O2S. The normalized spacial score (nSPS) is 25.3. The highest BCUT2D eigenvalue weighted by molar-refractivity contribution is 7.99. The molecule has 0 radical (unpaired) electrons. The number of amides is 2. The van der Waals surface area contributed by atoms with Gasteiger partial charge in [-0.1, -0.05) is 0 Å². The first kappa shape index (κ1) is 16.5. The predicted molar refractivity (Wildman–Crippen MR) is 90.5 cm³/mol. The van der Waals surface area contributed by atoms with E-state index in [1.165, 1.54) is 12.1 Å². The van der Waals surface area contributed by atoms with Gasteiger partial charge in [0.05, 0.1) is 13.2 Å². The van der Waals surface area contributed by atoms with Crippen molar-refractivity contribution in [1.29, 1.82) is 0 Å². The number of hydrogen-bond donors (Lipinski definition) is 2. The zero-order valence-electron chi connectivity index (χ0n) is 13.0. The minimum Gasteiger partial charge on any atom is -0.379 e. The largest absolute Gasteiger partial charge is 0.379 e. The highest BCUT2D eigenvalue weighted by Gasteiger charge is 2.40. The molecule has 5 nitrogen and oxygen atoms in total. The van der Waals surface area contributed by atoms with E-state index < -0.39 is 0 Å². The average Bonchev–Trinajstić information content (AvgIpc) is 3.06. The molecule has 1 aromatic carbocycles. The number of hydrogen-bond acceptors (Lipinski definition) is 4. The number of carbonyl (C=O) groups is 1. The second kappa shape index (κ2) is 7.51. The quantitative estimate of drug-likeness (QED) is 0.883. The molecule has 2 aliphatic rings. The number of rotatable bonds is 4. The van der Waals surface area contributed by atoms with E-state index in [4.69, 9.17) is 4.74 Å². The summed E-state index contributed by atoms with van der Waals surface area (Å²) in [6.45, 7) is 3.97. The van der Waals surface area contributed by atoms with Crippen LogP contribution in [0.1, 0.15) is 6.42 Å². The van der Waals surface area contributed by atoms with E-state index in [1.807, 2.05) is 11.8 Å². The zero-order chi connectivity index (χ0) is 16.1. The molecule has 23 heavy (non-hydrogen) atoms. The topological polar surface area (TPSA) is 53.6 Å². The lowest BCUT2D eigenvalue weighted by molar-refractivity contribution is -0.0123. The molecule has 7 heteroatoms. The molecule has 2 N–H and O–H groups in total. The molecule has 2 amide bonds. The molecule has 0 saturated carbocycles. The number of ether oxygens (including phenoxy) is 1. The molecule has 0 bridgehead atoms. The number of thioether (sulfide) groups is 1. The summed E-state index contributed by atoms with van der Waals surface area (Å²) in [7, 11) is 0. The third-order valence-electron chi connectivity index (χ3n) is 4.44. The molecule has 2 heterocycles. The molecule has 0 aromatic heterocycles. The first-order valence-corrected chi connectivity index (χ1v) is 9.04. The number of anilines is 1. The van der Waals surface area contributed by atoms with Crippen molar-refractivity contribution in [2.24, 2.45) is 0 Å². The van der Waals surface area contributed by atoms with Gasteiger partial charge in [0.1, 0.15) is 5.82 Å². The smallest absolute Gasteiger partial charge is 0.319 e. The zero-order valence-corrected chi connectivity index (χ0v) is 13.8. The predicted octanol–water partition coefficient (Wildman–Crippen LogP) is 2.16. The fourth-order valence-corrected chi connectivity index (χ4v) is 4.57. The highest BCUT2D eigenvalue weighted by atomic mass is 32.2. The van der Waals surface area contributed by atoms with E-state index in [2.05, 4.69) is 15.5 Å². The number of nitrogens with zero attached hydrogens (tertiary/aromatic N) is 1. The van der Waals surface area contributed by atoms with Crippen LogP contribution in [0.4, 0.5) is 14.9 Å². The van der Waals surface area contributed by atoms with Gasteiger partial charge >= 0.3 is 6.03 Å². The van der Waals surface area contributed by atoms with E-state index in [9.17, 15) is 9.18 Å². The lowest BCUT2D eigenvalue weighted by Crippen LogP contribution is -2.59. The fourth-order valence-electron chi connectivity index (χ4n) is 3.09. The van der Waals surface area contributed by atoms with E-state index in [0.717, 1.165) is 44.2 Å². The Morgan fingerprint density at radius 3 is 2.70 bits per heavy atom.